The Kier molecular flexibility index (Phi) is 5.02. The van der Waals surface area contributed by atoms with E-state index in [2.05, 4.69) is 0 Å². The average Bonchev–Trinajstić information content (AvgIpc) is 2.49. The van der Waals surface area contributed by atoms with Crippen LogP contribution in [0.15, 0.2) is 30.3 Å². The van der Waals surface area contributed by atoms with Gasteiger partial charge in [-0.2, -0.15) is 0 Å². The summed E-state index contributed by atoms with van der Waals surface area (Å²) < 4.78 is 9.19. The number of hydrogen-bond donors (Lipinski definition) is 0. The molecule has 6 nitrogen and oxygen atoms in total. The van der Waals surface area contributed by atoms with Gasteiger partial charge in [0.25, 0.3) is 0 Å². The molecule has 1 aliphatic heterocycles. The van der Waals surface area contributed by atoms with E-state index in [0.29, 0.717) is 25.4 Å². The van der Waals surface area contributed by atoms with E-state index in [-0.39, 0.29) is 12.1 Å². The minimum atomic E-state index is -1.46. The molecular weight excluding hydrogens is 289 g/mol. The molecular formula is C14H20N3O3P. The van der Waals surface area contributed by atoms with Crippen molar-refractivity contribution >= 4 is 20.5 Å². The van der Waals surface area contributed by atoms with Crippen molar-refractivity contribution in [2.24, 2.45) is 0 Å². The van der Waals surface area contributed by atoms with Crippen LogP contribution in [0.2, 0.25) is 0 Å². The first-order valence-electron chi connectivity index (χ1n) is 7.07. The molecule has 0 spiro atoms. The number of nitrogens with zero attached hydrogens (tertiary/aromatic N) is 3. The van der Waals surface area contributed by atoms with Gasteiger partial charge in [0, 0.05) is 19.6 Å². The molecule has 1 aromatic carbocycles. The zero-order valence-corrected chi connectivity index (χ0v) is 13.4. The normalized spacial score (nSPS) is 16.6. The number of rotatable bonds is 5. The summed E-state index contributed by atoms with van der Waals surface area (Å²) in [6.45, 7) is 6.93. The Labute approximate surface area is 126 Å². The second kappa shape index (κ2) is 6.76. The zero-order chi connectivity index (χ0) is 15.4. The summed E-state index contributed by atoms with van der Waals surface area (Å²) in [6.07, 6.45) is 0. The van der Waals surface area contributed by atoms with Gasteiger partial charge in [0.1, 0.15) is 5.75 Å². The second-order valence-corrected chi connectivity index (χ2v) is 6.05. The molecule has 0 saturated carbocycles. The van der Waals surface area contributed by atoms with Gasteiger partial charge in [0.05, 0.1) is 0 Å². The summed E-state index contributed by atoms with van der Waals surface area (Å²) in [4.78, 5) is 26.1. The summed E-state index contributed by atoms with van der Waals surface area (Å²) in [6, 6.07) is 8.71. The van der Waals surface area contributed by atoms with Gasteiger partial charge in [-0.3, -0.25) is 9.34 Å². The van der Waals surface area contributed by atoms with Crippen molar-refractivity contribution < 1.29 is 14.1 Å². The van der Waals surface area contributed by atoms with Crippen molar-refractivity contribution in [1.29, 1.82) is 0 Å². The molecule has 1 saturated heterocycles. The lowest BCUT2D eigenvalue weighted by Gasteiger charge is -2.43. The quantitative estimate of drug-likeness (QED) is 0.782. The number of benzene rings is 1. The van der Waals surface area contributed by atoms with Crippen molar-refractivity contribution in [3.8, 4) is 5.75 Å². The van der Waals surface area contributed by atoms with Crippen LogP contribution in [0, 0.1) is 0 Å². The maximum absolute atomic E-state index is 12.4. The van der Waals surface area contributed by atoms with E-state index in [1.807, 2.05) is 44.2 Å². The number of imide groups is 1. The van der Waals surface area contributed by atoms with E-state index in [0.717, 1.165) is 0 Å². The lowest BCUT2D eigenvalue weighted by Crippen LogP contribution is -2.56. The highest BCUT2D eigenvalue weighted by Gasteiger charge is 2.45. The molecule has 0 bridgehead atoms. The zero-order valence-electron chi connectivity index (χ0n) is 12.5. The Bertz CT molecular complexity index is 487. The van der Waals surface area contributed by atoms with Gasteiger partial charge < -0.3 is 4.52 Å². The first-order chi connectivity index (χ1) is 10.1. The average molecular weight is 309 g/mol. The predicted molar refractivity (Wildman–Crippen MR) is 81.9 cm³/mol. The summed E-state index contributed by atoms with van der Waals surface area (Å²) in [5.41, 5.74) is 0. The van der Waals surface area contributed by atoms with Crippen LogP contribution in [0.25, 0.3) is 0 Å². The van der Waals surface area contributed by atoms with Crippen LogP contribution in [-0.4, -0.2) is 45.9 Å². The van der Waals surface area contributed by atoms with E-state index in [1.54, 1.807) is 16.3 Å². The first-order valence-corrected chi connectivity index (χ1v) is 8.24. The van der Waals surface area contributed by atoms with Crippen LogP contribution < -0.4 is 4.52 Å². The predicted octanol–water partition coefficient (Wildman–Crippen LogP) is 3.51. The minimum Gasteiger partial charge on any atom is -0.436 e. The summed E-state index contributed by atoms with van der Waals surface area (Å²) in [7, 11) is -1.46. The molecule has 1 aromatic rings. The van der Waals surface area contributed by atoms with E-state index < -0.39 is 8.45 Å². The monoisotopic (exact) mass is 309 g/mol. The van der Waals surface area contributed by atoms with Crippen LogP contribution in [0.5, 0.6) is 5.75 Å². The molecule has 0 radical (unpaired) electrons. The molecule has 0 aliphatic carbocycles. The van der Waals surface area contributed by atoms with Crippen molar-refractivity contribution in [2.45, 2.75) is 20.8 Å². The Balaban J connectivity index is 2.31. The van der Waals surface area contributed by atoms with Gasteiger partial charge in [-0.15, -0.1) is 0 Å². The van der Waals surface area contributed by atoms with Crippen molar-refractivity contribution in [1.82, 2.24) is 14.2 Å². The topological polar surface area (TPSA) is 53.1 Å². The van der Waals surface area contributed by atoms with Gasteiger partial charge in [0.2, 0.25) is 0 Å². The fraction of sp³-hybridized carbons (Fsp3) is 0.429. The molecule has 2 rings (SSSR count). The standard InChI is InChI=1S/C14H20N3O3P/c1-4-15-13(18)16(5-2)21(17(6-3)14(15)19)20-12-10-8-7-9-11-12/h7-11H,4-6H2,1-3H3. The largest absolute Gasteiger partial charge is 0.436 e. The number of para-hydroxylation sites is 1. The Hall–Kier alpha value is -1.81. The summed E-state index contributed by atoms with van der Waals surface area (Å²) in [5.74, 6) is 0.658. The molecule has 1 heterocycles. The number of urea groups is 2. The molecule has 1 fully saturated rings. The smallest absolute Gasteiger partial charge is 0.335 e. The molecule has 7 heteroatoms. The highest BCUT2D eigenvalue weighted by Crippen LogP contribution is 2.49. The maximum Gasteiger partial charge on any atom is 0.335 e. The highest BCUT2D eigenvalue weighted by atomic mass is 31.2. The van der Waals surface area contributed by atoms with E-state index in [9.17, 15) is 9.59 Å². The van der Waals surface area contributed by atoms with Crippen LogP contribution in [-0.2, 0) is 0 Å². The molecule has 114 valence electrons. The maximum atomic E-state index is 12.4. The molecule has 0 atom stereocenters. The van der Waals surface area contributed by atoms with Crippen LogP contribution in [0.1, 0.15) is 20.8 Å². The minimum absolute atomic E-state index is 0.281. The van der Waals surface area contributed by atoms with Crippen LogP contribution >= 0.6 is 8.45 Å². The first kappa shape index (κ1) is 15.6. The number of carbonyl (C=O) groups is 2. The van der Waals surface area contributed by atoms with Gasteiger partial charge >= 0.3 is 20.5 Å². The van der Waals surface area contributed by atoms with Crippen LogP contribution in [0.4, 0.5) is 9.59 Å². The third kappa shape index (κ3) is 2.95. The van der Waals surface area contributed by atoms with Crippen molar-refractivity contribution in [3.05, 3.63) is 30.3 Å². The molecule has 0 N–H and O–H groups in total. The Morgan fingerprint density at radius 3 is 1.86 bits per heavy atom. The molecule has 0 unspecified atom stereocenters. The van der Waals surface area contributed by atoms with Gasteiger partial charge in [-0.1, -0.05) is 18.2 Å². The fourth-order valence-electron chi connectivity index (χ4n) is 2.09. The molecule has 4 amide bonds. The number of hydrogen-bond acceptors (Lipinski definition) is 3. The Morgan fingerprint density at radius 1 is 0.905 bits per heavy atom. The lowest BCUT2D eigenvalue weighted by atomic mass is 10.3. The SMILES string of the molecule is CCN1C(=O)N(CC)P(Oc2ccccc2)N(CC)C1=O. The van der Waals surface area contributed by atoms with E-state index in [4.69, 9.17) is 4.52 Å². The Morgan fingerprint density at radius 2 is 1.43 bits per heavy atom. The van der Waals surface area contributed by atoms with Crippen LogP contribution in [0.3, 0.4) is 0 Å². The fourth-order valence-corrected chi connectivity index (χ4v) is 3.86. The highest BCUT2D eigenvalue weighted by molar-refractivity contribution is 7.49. The summed E-state index contributed by atoms with van der Waals surface area (Å²) in [5, 5.41) is 0. The second-order valence-electron chi connectivity index (χ2n) is 4.40. The van der Waals surface area contributed by atoms with E-state index in [1.165, 1.54) is 4.90 Å². The van der Waals surface area contributed by atoms with Crippen molar-refractivity contribution in [2.75, 3.05) is 19.6 Å². The summed E-state index contributed by atoms with van der Waals surface area (Å²) >= 11 is 0. The third-order valence-electron chi connectivity index (χ3n) is 3.16. The van der Waals surface area contributed by atoms with Gasteiger partial charge in [0.15, 0.2) is 0 Å². The molecule has 1 aliphatic rings. The van der Waals surface area contributed by atoms with E-state index >= 15 is 0 Å². The lowest BCUT2D eigenvalue weighted by molar-refractivity contribution is 0.150. The van der Waals surface area contributed by atoms with Gasteiger partial charge in [-0.05, 0) is 32.9 Å². The van der Waals surface area contributed by atoms with Gasteiger partial charge in [-0.25, -0.2) is 14.5 Å². The number of carbonyl (C=O) groups excluding carboxylic acids is 2. The van der Waals surface area contributed by atoms with Crippen molar-refractivity contribution in [3.63, 3.8) is 0 Å². The number of amides is 4. The third-order valence-corrected chi connectivity index (χ3v) is 5.27. The molecule has 0 aromatic heterocycles. The molecule has 21 heavy (non-hydrogen) atoms.